The minimum Gasteiger partial charge on any atom is -0.481 e. The molecule has 0 heterocycles. The summed E-state index contributed by atoms with van der Waals surface area (Å²) in [5.74, 6) is -3.95. The van der Waals surface area contributed by atoms with Gasteiger partial charge in [-0.3, -0.25) is 20.2 Å². The molecule has 0 spiro atoms. The van der Waals surface area contributed by atoms with E-state index in [4.69, 9.17) is 34.2 Å². The molecule has 4 amide bonds. The number of carboxylic acid groups (broad SMARTS) is 1. The van der Waals surface area contributed by atoms with Gasteiger partial charge >= 0.3 is 24.2 Å². The molecule has 0 aromatic carbocycles. The standard InChI is InChI=1S/C33H62N4O12/c1-14-21(26(39)40)25(38)37(29(43)49-32(11,12)13)24(17-4)46-20-33(34,18-44-22(15-2)35-27(41)47-30(5,6)7)19-45-23(16-3)36-28(42)48-31(8,9)10/h21-24H,14-20,34H2,1-13H3,(H,35,41)(H,36,42)(H,39,40). The highest BCUT2D eigenvalue weighted by Gasteiger charge is 2.41. The first-order chi connectivity index (χ1) is 22.3. The van der Waals surface area contributed by atoms with Gasteiger partial charge in [0.2, 0.25) is 5.91 Å². The number of ether oxygens (including phenoxy) is 6. The second kappa shape index (κ2) is 19.8. The van der Waals surface area contributed by atoms with Gasteiger partial charge in [0.25, 0.3) is 0 Å². The van der Waals surface area contributed by atoms with Crippen molar-refractivity contribution in [3.05, 3.63) is 0 Å². The third kappa shape index (κ3) is 18.9. The minimum atomic E-state index is -1.53. The number of alkyl carbamates (subject to hydrolysis) is 2. The maximum Gasteiger partial charge on any atom is 0.419 e. The lowest BCUT2D eigenvalue weighted by atomic mass is 10.0. The van der Waals surface area contributed by atoms with Crippen molar-refractivity contribution in [2.75, 3.05) is 19.8 Å². The number of hydrogen-bond acceptors (Lipinski definition) is 12. The van der Waals surface area contributed by atoms with Crippen LogP contribution in [0.1, 0.15) is 116 Å². The zero-order valence-corrected chi connectivity index (χ0v) is 31.7. The number of carbonyl (C=O) groups excluding carboxylic acids is 4. The van der Waals surface area contributed by atoms with E-state index in [-0.39, 0.29) is 32.7 Å². The van der Waals surface area contributed by atoms with Gasteiger partial charge in [-0.05, 0) is 88.0 Å². The van der Waals surface area contributed by atoms with Gasteiger partial charge in [0.1, 0.15) is 41.4 Å². The van der Waals surface area contributed by atoms with Gasteiger partial charge in [-0.2, -0.15) is 0 Å². The second-order valence-electron chi connectivity index (χ2n) is 14.7. The Morgan fingerprint density at radius 2 is 1.02 bits per heavy atom. The van der Waals surface area contributed by atoms with E-state index in [1.165, 1.54) is 6.92 Å². The number of hydrogen-bond donors (Lipinski definition) is 4. The zero-order valence-electron chi connectivity index (χ0n) is 31.7. The molecular weight excluding hydrogens is 644 g/mol. The van der Waals surface area contributed by atoms with E-state index in [9.17, 15) is 29.1 Å². The molecule has 16 heteroatoms. The van der Waals surface area contributed by atoms with Crippen molar-refractivity contribution in [3.63, 3.8) is 0 Å². The molecule has 4 atom stereocenters. The number of nitrogens with one attached hydrogen (secondary N) is 2. The lowest BCUT2D eigenvalue weighted by Gasteiger charge is -2.36. The number of rotatable bonds is 18. The summed E-state index contributed by atoms with van der Waals surface area (Å²) in [6, 6.07) is 0. The highest BCUT2D eigenvalue weighted by molar-refractivity contribution is 6.03. The van der Waals surface area contributed by atoms with Crippen LogP contribution in [-0.2, 0) is 38.0 Å². The molecular formula is C33H62N4O12. The summed E-state index contributed by atoms with van der Waals surface area (Å²) in [5, 5.41) is 15.0. The van der Waals surface area contributed by atoms with E-state index < -0.39 is 77.1 Å². The summed E-state index contributed by atoms with van der Waals surface area (Å²) in [6.07, 6.45) is -4.81. The quantitative estimate of drug-likeness (QED) is 0.0852. The summed E-state index contributed by atoms with van der Waals surface area (Å²) >= 11 is 0. The fourth-order valence-electron chi connectivity index (χ4n) is 3.98. The average Bonchev–Trinajstić information content (AvgIpc) is 2.92. The van der Waals surface area contributed by atoms with Gasteiger partial charge < -0.3 is 39.3 Å². The number of nitrogens with two attached hydrogens (primary N) is 1. The third-order valence-electron chi connectivity index (χ3n) is 6.27. The smallest absolute Gasteiger partial charge is 0.419 e. The first kappa shape index (κ1) is 45.8. The fourth-order valence-corrected chi connectivity index (χ4v) is 3.98. The van der Waals surface area contributed by atoms with Crippen molar-refractivity contribution in [1.82, 2.24) is 15.5 Å². The molecule has 0 aliphatic rings. The van der Waals surface area contributed by atoms with E-state index in [1.54, 1.807) is 83.1 Å². The summed E-state index contributed by atoms with van der Waals surface area (Å²) in [6.45, 7) is 20.9. The predicted molar refractivity (Wildman–Crippen MR) is 180 cm³/mol. The van der Waals surface area contributed by atoms with E-state index >= 15 is 0 Å². The maximum atomic E-state index is 13.5. The van der Waals surface area contributed by atoms with Crippen LogP contribution in [0.15, 0.2) is 0 Å². The zero-order chi connectivity index (χ0) is 38.4. The van der Waals surface area contributed by atoms with Crippen molar-refractivity contribution in [3.8, 4) is 0 Å². The average molecular weight is 707 g/mol. The van der Waals surface area contributed by atoms with Crippen molar-refractivity contribution < 1.29 is 57.5 Å². The molecule has 0 aromatic rings. The summed E-state index contributed by atoms with van der Waals surface area (Å²) in [5.41, 5.74) is 2.78. The van der Waals surface area contributed by atoms with Crippen molar-refractivity contribution in [2.45, 2.75) is 157 Å². The van der Waals surface area contributed by atoms with Crippen LogP contribution in [0.2, 0.25) is 0 Å². The Morgan fingerprint density at radius 3 is 1.33 bits per heavy atom. The predicted octanol–water partition coefficient (Wildman–Crippen LogP) is 4.87. The van der Waals surface area contributed by atoms with Gasteiger partial charge in [0.15, 0.2) is 0 Å². The largest absolute Gasteiger partial charge is 0.481 e. The minimum absolute atomic E-state index is 0.0500. The number of aliphatic carboxylic acids is 1. The van der Waals surface area contributed by atoms with Gasteiger partial charge in [0, 0.05) is 0 Å². The lowest BCUT2D eigenvalue weighted by molar-refractivity contribution is -0.160. The molecule has 0 aliphatic carbocycles. The number of carbonyl (C=O) groups is 5. The molecule has 16 nitrogen and oxygen atoms in total. The van der Waals surface area contributed by atoms with Crippen LogP contribution in [0.4, 0.5) is 14.4 Å². The molecule has 5 N–H and O–H groups in total. The molecule has 49 heavy (non-hydrogen) atoms. The SMILES string of the molecule is CCC(NC(=O)OC(C)(C)C)OCC(N)(COC(CC)NC(=O)OC(C)(C)C)COC(CC)N(C(=O)OC(C)(C)C)C(=O)C(CC)C(=O)O. The first-order valence-corrected chi connectivity index (χ1v) is 16.7. The highest BCUT2D eigenvalue weighted by Crippen LogP contribution is 2.21. The topological polar surface area (TPSA) is 214 Å². The Kier molecular flexibility index (Phi) is 18.5. The first-order valence-electron chi connectivity index (χ1n) is 16.7. The number of carboxylic acids is 1. The summed E-state index contributed by atoms with van der Waals surface area (Å²) in [4.78, 5) is 64.2. The molecule has 0 saturated carbocycles. The molecule has 4 unspecified atom stereocenters. The highest BCUT2D eigenvalue weighted by atomic mass is 16.6. The monoisotopic (exact) mass is 706 g/mol. The van der Waals surface area contributed by atoms with E-state index in [0.29, 0.717) is 17.7 Å². The molecule has 0 rings (SSSR count). The Bertz CT molecular complexity index is 1040. The molecule has 0 bridgehead atoms. The van der Waals surface area contributed by atoms with Crippen LogP contribution in [0.5, 0.6) is 0 Å². The van der Waals surface area contributed by atoms with Crippen molar-refractivity contribution >= 4 is 30.2 Å². The summed E-state index contributed by atoms with van der Waals surface area (Å²) in [7, 11) is 0. The van der Waals surface area contributed by atoms with E-state index in [2.05, 4.69) is 10.6 Å². The molecule has 0 aliphatic heterocycles. The van der Waals surface area contributed by atoms with E-state index in [1.807, 2.05) is 0 Å². The Morgan fingerprint density at radius 1 is 0.633 bits per heavy atom. The lowest BCUT2D eigenvalue weighted by Crippen LogP contribution is -2.58. The molecule has 0 fully saturated rings. The normalized spacial score (nSPS) is 15.9. The van der Waals surface area contributed by atoms with Gasteiger partial charge in [0.05, 0.1) is 25.4 Å². The molecule has 286 valence electrons. The molecule has 0 aromatic heterocycles. The van der Waals surface area contributed by atoms with Gasteiger partial charge in [-0.1, -0.05) is 27.7 Å². The van der Waals surface area contributed by atoms with Crippen molar-refractivity contribution in [2.24, 2.45) is 11.7 Å². The van der Waals surface area contributed by atoms with Crippen molar-refractivity contribution in [1.29, 1.82) is 0 Å². The Labute approximate surface area is 291 Å². The Hall–Kier alpha value is -3.21. The number of nitrogens with zero attached hydrogens (tertiary/aromatic N) is 1. The van der Waals surface area contributed by atoms with Crippen LogP contribution in [0.25, 0.3) is 0 Å². The number of amides is 4. The van der Waals surface area contributed by atoms with Crippen LogP contribution >= 0.6 is 0 Å². The molecule has 0 saturated heterocycles. The summed E-state index contributed by atoms with van der Waals surface area (Å²) < 4.78 is 34.1. The third-order valence-corrected chi connectivity index (χ3v) is 6.27. The van der Waals surface area contributed by atoms with E-state index in [0.717, 1.165) is 0 Å². The number of imide groups is 1. The fraction of sp³-hybridized carbons (Fsp3) is 0.848. The van der Waals surface area contributed by atoms with Crippen LogP contribution < -0.4 is 16.4 Å². The van der Waals surface area contributed by atoms with Crippen LogP contribution in [0, 0.1) is 5.92 Å². The second-order valence-corrected chi connectivity index (χ2v) is 14.7. The van der Waals surface area contributed by atoms with Gasteiger partial charge in [-0.25, -0.2) is 19.3 Å². The Balaban J connectivity index is 6.36. The maximum absolute atomic E-state index is 13.5. The van der Waals surface area contributed by atoms with Gasteiger partial charge in [-0.15, -0.1) is 0 Å². The molecule has 0 radical (unpaired) electrons. The van der Waals surface area contributed by atoms with Crippen LogP contribution in [-0.4, -0.2) is 101 Å². The van der Waals surface area contributed by atoms with Crippen LogP contribution in [0.3, 0.4) is 0 Å².